The van der Waals surface area contributed by atoms with Gasteiger partial charge in [0.05, 0.1) is 0 Å². The number of rotatable bonds is 2. The van der Waals surface area contributed by atoms with Crippen LogP contribution in [0.2, 0.25) is 0 Å². The summed E-state index contributed by atoms with van der Waals surface area (Å²) in [5, 5.41) is 0. The summed E-state index contributed by atoms with van der Waals surface area (Å²) >= 11 is 6.79. The van der Waals surface area contributed by atoms with Gasteiger partial charge in [0.2, 0.25) is 0 Å². The van der Waals surface area contributed by atoms with Gasteiger partial charge in [-0.05, 0) is 47.8 Å². The van der Waals surface area contributed by atoms with E-state index >= 15 is 0 Å². The number of hydrogen-bond donors (Lipinski definition) is 0. The normalized spacial score (nSPS) is 48.3. The van der Waals surface area contributed by atoms with Crippen LogP contribution < -0.4 is 0 Å². The smallest absolute Gasteiger partial charge is 0.196 e. The van der Waals surface area contributed by atoms with Gasteiger partial charge in [0.1, 0.15) is 5.78 Å². The molecule has 2 nitrogen and oxygen atoms in total. The average Bonchev–Trinajstić information content (AvgIpc) is 2.64. The van der Waals surface area contributed by atoms with E-state index in [1.54, 1.807) is 6.92 Å². The molecule has 2 aliphatic rings. The quantitative estimate of drug-likeness (QED) is 0.305. The van der Waals surface area contributed by atoms with Crippen LogP contribution in [0, 0.1) is 23.7 Å². The van der Waals surface area contributed by atoms with Crippen LogP contribution in [0.25, 0.3) is 0 Å². The summed E-state index contributed by atoms with van der Waals surface area (Å²) in [7, 11) is 0. The minimum Gasteiger partial charge on any atom is -0.300 e. The highest BCUT2D eigenvalue weighted by Crippen LogP contribution is 2.58. The lowest BCUT2D eigenvalue weighted by Gasteiger charge is -2.33. The van der Waals surface area contributed by atoms with Gasteiger partial charge in [0.15, 0.2) is 3.79 Å². The van der Waals surface area contributed by atoms with Gasteiger partial charge in [-0.15, -0.1) is 0 Å². The largest absolute Gasteiger partial charge is 0.300 e. The number of halogens is 3. The highest BCUT2D eigenvalue weighted by atomic mass is 127. The summed E-state index contributed by atoms with van der Waals surface area (Å²) in [5.41, 5.74) is 0. The average molecular weight is 544 g/mol. The highest BCUT2D eigenvalue weighted by molar-refractivity contribution is 14.1. The van der Waals surface area contributed by atoms with E-state index in [0.717, 1.165) is 6.42 Å². The number of hydrogen-bond acceptors (Lipinski definition) is 2. The Bertz CT molecular complexity index is 288. The van der Waals surface area contributed by atoms with Crippen LogP contribution in [-0.4, -0.2) is 17.4 Å². The first-order valence-electron chi connectivity index (χ1n) is 4.93. The second kappa shape index (κ2) is 4.66. The first-order chi connectivity index (χ1) is 6.95. The van der Waals surface area contributed by atoms with Crippen molar-refractivity contribution in [3.63, 3.8) is 0 Å². The van der Waals surface area contributed by atoms with Crippen molar-refractivity contribution in [2.24, 2.45) is 23.7 Å². The molecule has 2 fully saturated rings. The Balaban J connectivity index is 2.32. The van der Waals surface area contributed by atoms with E-state index in [2.05, 4.69) is 45.2 Å². The molecule has 6 unspecified atom stereocenters. The number of carbonyl (C=O) groups is 2. The zero-order chi connectivity index (χ0) is 11.3. The molecule has 2 rings (SSSR count). The van der Waals surface area contributed by atoms with E-state index in [1.165, 1.54) is 0 Å². The summed E-state index contributed by atoms with van der Waals surface area (Å²) in [4.78, 5) is 23.3. The standard InChI is InChI=1S/C10H11I3O2/c1-3(14)6-4-2-5(7(6)10(13)15)9(12)8(4)11/h4-9H,2H2,1H3. The SMILES string of the molecule is CC(=O)C1C2CC(C(I)C2I)C1C(=O)I. The van der Waals surface area contributed by atoms with Gasteiger partial charge in [-0.2, -0.15) is 0 Å². The molecule has 0 spiro atoms. The van der Waals surface area contributed by atoms with Gasteiger partial charge in [-0.3, -0.25) is 9.59 Å². The molecule has 0 heterocycles. The van der Waals surface area contributed by atoms with Crippen LogP contribution in [0.1, 0.15) is 13.3 Å². The van der Waals surface area contributed by atoms with Crippen LogP contribution in [0.3, 0.4) is 0 Å². The van der Waals surface area contributed by atoms with Crippen molar-refractivity contribution in [2.45, 2.75) is 21.2 Å². The van der Waals surface area contributed by atoms with Gasteiger partial charge in [-0.25, -0.2) is 0 Å². The van der Waals surface area contributed by atoms with Crippen LogP contribution in [-0.2, 0) is 9.59 Å². The lowest BCUT2D eigenvalue weighted by Crippen LogP contribution is -2.41. The molecule has 0 aromatic carbocycles. The minimum absolute atomic E-state index is 0.000941. The molecular weight excluding hydrogens is 533 g/mol. The molecule has 84 valence electrons. The summed E-state index contributed by atoms with van der Waals surface area (Å²) < 4.78 is 1.31. The first kappa shape index (κ1) is 13.0. The van der Waals surface area contributed by atoms with E-state index < -0.39 is 0 Å². The van der Waals surface area contributed by atoms with Crippen molar-refractivity contribution in [2.75, 3.05) is 0 Å². The Morgan fingerprint density at radius 2 is 1.53 bits per heavy atom. The Kier molecular flexibility index (Phi) is 4.03. The number of Topliss-reactive ketones (excluding diaryl/α,β-unsaturated/α-hetero) is 1. The Hall–Kier alpha value is 1.53. The third-order valence-electron chi connectivity index (χ3n) is 3.71. The highest BCUT2D eigenvalue weighted by Gasteiger charge is 2.59. The van der Waals surface area contributed by atoms with Crippen molar-refractivity contribution in [3.05, 3.63) is 0 Å². The van der Waals surface area contributed by atoms with Crippen molar-refractivity contribution < 1.29 is 9.59 Å². The van der Waals surface area contributed by atoms with Gasteiger partial charge >= 0.3 is 0 Å². The molecular formula is C10H11I3O2. The van der Waals surface area contributed by atoms with Crippen LogP contribution in [0.5, 0.6) is 0 Å². The minimum atomic E-state index is 0.000941. The molecule has 0 aliphatic heterocycles. The lowest BCUT2D eigenvalue weighted by atomic mass is 9.78. The maximum atomic E-state index is 11.6. The fourth-order valence-electron chi connectivity index (χ4n) is 3.13. The van der Waals surface area contributed by atoms with Crippen molar-refractivity contribution in [1.29, 1.82) is 0 Å². The molecule has 0 saturated heterocycles. The molecule has 15 heavy (non-hydrogen) atoms. The maximum absolute atomic E-state index is 11.6. The van der Waals surface area contributed by atoms with Crippen molar-refractivity contribution in [3.8, 4) is 0 Å². The number of carbonyl (C=O) groups excluding carboxylic acids is 2. The van der Waals surface area contributed by atoms with E-state index in [1.807, 2.05) is 22.6 Å². The number of alkyl halides is 2. The maximum Gasteiger partial charge on any atom is 0.196 e. The van der Waals surface area contributed by atoms with Crippen LogP contribution in [0.4, 0.5) is 0 Å². The molecule has 0 radical (unpaired) electrons. The van der Waals surface area contributed by atoms with E-state index in [4.69, 9.17) is 0 Å². The van der Waals surface area contributed by atoms with E-state index in [-0.39, 0.29) is 21.4 Å². The van der Waals surface area contributed by atoms with Gasteiger partial charge in [0, 0.05) is 19.7 Å². The molecule has 0 aromatic heterocycles. The zero-order valence-corrected chi connectivity index (χ0v) is 14.6. The fraction of sp³-hybridized carbons (Fsp3) is 0.800. The van der Waals surface area contributed by atoms with Gasteiger partial charge in [0.25, 0.3) is 0 Å². The Morgan fingerprint density at radius 3 is 1.93 bits per heavy atom. The molecule has 0 aromatic rings. The molecule has 5 heteroatoms. The van der Waals surface area contributed by atoms with E-state index in [0.29, 0.717) is 19.7 Å². The summed E-state index contributed by atoms with van der Waals surface area (Å²) in [6.07, 6.45) is 1.07. The van der Waals surface area contributed by atoms with Crippen LogP contribution in [0.15, 0.2) is 0 Å². The fourth-order valence-corrected chi connectivity index (χ4v) is 6.53. The second-order valence-electron chi connectivity index (χ2n) is 4.42. The molecule has 2 saturated carbocycles. The third kappa shape index (κ3) is 2.02. The number of ketones is 1. The summed E-state index contributed by atoms with van der Waals surface area (Å²) in [6, 6.07) is 0. The molecule has 6 atom stereocenters. The predicted molar refractivity (Wildman–Crippen MR) is 83.9 cm³/mol. The zero-order valence-electron chi connectivity index (χ0n) is 8.12. The number of fused-ring (bicyclic) bond motifs is 2. The molecule has 2 bridgehead atoms. The second-order valence-corrected chi connectivity index (χ2v) is 8.36. The Morgan fingerprint density at radius 1 is 1.07 bits per heavy atom. The predicted octanol–water partition coefficient (Wildman–Crippen LogP) is 3.03. The monoisotopic (exact) mass is 544 g/mol. The van der Waals surface area contributed by atoms with Crippen molar-refractivity contribution in [1.82, 2.24) is 0 Å². The Labute approximate surface area is 130 Å². The lowest BCUT2D eigenvalue weighted by molar-refractivity contribution is -0.128. The van der Waals surface area contributed by atoms with Gasteiger partial charge in [-0.1, -0.05) is 45.2 Å². The molecule has 0 amide bonds. The molecule has 0 N–H and O–H groups in total. The topological polar surface area (TPSA) is 34.1 Å². The summed E-state index contributed by atoms with van der Waals surface area (Å²) in [5.74, 6) is 1.10. The van der Waals surface area contributed by atoms with E-state index in [9.17, 15) is 9.59 Å². The van der Waals surface area contributed by atoms with Crippen LogP contribution >= 0.6 is 67.8 Å². The third-order valence-corrected chi connectivity index (χ3v) is 9.20. The molecule has 2 aliphatic carbocycles. The first-order valence-corrected chi connectivity index (χ1v) is 8.50. The summed E-state index contributed by atoms with van der Waals surface area (Å²) in [6.45, 7) is 1.64. The van der Waals surface area contributed by atoms with Crippen molar-refractivity contribution >= 4 is 77.3 Å². The van der Waals surface area contributed by atoms with Gasteiger partial charge < -0.3 is 0 Å².